The molecular formula is C11H15NO. The average Bonchev–Trinajstić information content (AvgIpc) is 2.85. The number of nitrogens with two attached hydrogens (primary N) is 1. The lowest BCUT2D eigenvalue weighted by Crippen LogP contribution is -2.13. The zero-order chi connectivity index (χ0) is 9.26. The van der Waals surface area contributed by atoms with Crippen LogP contribution in [0.5, 0.6) is 5.75 Å². The molecule has 2 N–H and O–H groups in total. The van der Waals surface area contributed by atoms with Crippen molar-refractivity contribution in [1.82, 2.24) is 0 Å². The predicted molar refractivity (Wildman–Crippen MR) is 53.7 cm³/mol. The van der Waals surface area contributed by atoms with E-state index in [1.54, 1.807) is 0 Å². The van der Waals surface area contributed by atoms with Crippen molar-refractivity contribution in [2.75, 3.05) is 5.73 Å². The lowest BCUT2D eigenvalue weighted by molar-refractivity contribution is 0.198. The van der Waals surface area contributed by atoms with Gasteiger partial charge in [0.2, 0.25) is 0 Å². The molecule has 2 heteroatoms. The van der Waals surface area contributed by atoms with Crippen molar-refractivity contribution in [3.8, 4) is 5.75 Å². The van der Waals surface area contributed by atoms with Crippen LogP contribution < -0.4 is 10.5 Å². The third-order valence-electron chi connectivity index (χ3n) is 2.47. The Morgan fingerprint density at radius 1 is 1.46 bits per heavy atom. The topological polar surface area (TPSA) is 35.2 Å². The number of benzene rings is 1. The molecule has 70 valence electrons. The van der Waals surface area contributed by atoms with E-state index in [1.165, 1.54) is 12.8 Å². The van der Waals surface area contributed by atoms with Crippen molar-refractivity contribution in [3.63, 3.8) is 0 Å². The highest BCUT2D eigenvalue weighted by molar-refractivity contribution is 5.43. The molecule has 0 spiro atoms. The molecule has 13 heavy (non-hydrogen) atoms. The average molecular weight is 177 g/mol. The van der Waals surface area contributed by atoms with Gasteiger partial charge in [0.25, 0.3) is 0 Å². The van der Waals surface area contributed by atoms with E-state index in [1.807, 2.05) is 24.3 Å². The van der Waals surface area contributed by atoms with Crippen molar-refractivity contribution < 1.29 is 4.74 Å². The number of anilines is 1. The highest BCUT2D eigenvalue weighted by Gasteiger charge is 2.29. The fourth-order valence-electron chi connectivity index (χ4n) is 1.46. The van der Waals surface area contributed by atoms with Crippen LogP contribution in [0.3, 0.4) is 0 Å². The van der Waals surface area contributed by atoms with Crippen LogP contribution >= 0.6 is 0 Å². The largest absolute Gasteiger partial charge is 0.490 e. The van der Waals surface area contributed by atoms with Gasteiger partial charge in [-0.3, -0.25) is 0 Å². The summed E-state index contributed by atoms with van der Waals surface area (Å²) in [6, 6.07) is 7.62. The van der Waals surface area contributed by atoms with Crippen LogP contribution in [0.2, 0.25) is 0 Å². The Balaban J connectivity index is 2.00. The van der Waals surface area contributed by atoms with Gasteiger partial charge >= 0.3 is 0 Å². The van der Waals surface area contributed by atoms with Crippen molar-refractivity contribution in [3.05, 3.63) is 24.3 Å². The first-order chi connectivity index (χ1) is 6.25. The summed E-state index contributed by atoms with van der Waals surface area (Å²) in [6.45, 7) is 2.13. The maximum Gasteiger partial charge on any atom is 0.121 e. The predicted octanol–water partition coefficient (Wildman–Crippen LogP) is 2.45. The second-order valence-corrected chi connectivity index (χ2v) is 3.73. The zero-order valence-electron chi connectivity index (χ0n) is 7.86. The quantitative estimate of drug-likeness (QED) is 0.720. The minimum atomic E-state index is 0.335. The number of rotatable bonds is 3. The van der Waals surface area contributed by atoms with Crippen molar-refractivity contribution in [2.45, 2.75) is 25.9 Å². The molecule has 1 aliphatic rings. The van der Waals surface area contributed by atoms with Gasteiger partial charge in [-0.15, -0.1) is 0 Å². The number of hydrogen-bond acceptors (Lipinski definition) is 2. The monoisotopic (exact) mass is 177 g/mol. The Morgan fingerprint density at radius 2 is 2.23 bits per heavy atom. The van der Waals surface area contributed by atoms with Gasteiger partial charge in [0, 0.05) is 11.8 Å². The van der Waals surface area contributed by atoms with E-state index in [9.17, 15) is 0 Å². The molecule has 1 atom stereocenters. The van der Waals surface area contributed by atoms with Crippen molar-refractivity contribution in [1.29, 1.82) is 0 Å². The van der Waals surface area contributed by atoms with Crippen LogP contribution in [0.1, 0.15) is 19.8 Å². The van der Waals surface area contributed by atoms with Crippen molar-refractivity contribution >= 4 is 5.69 Å². The summed E-state index contributed by atoms with van der Waals surface area (Å²) >= 11 is 0. The fraction of sp³-hybridized carbons (Fsp3) is 0.455. The Kier molecular flexibility index (Phi) is 2.13. The number of hydrogen-bond donors (Lipinski definition) is 1. The highest BCUT2D eigenvalue weighted by Crippen LogP contribution is 2.34. The zero-order valence-corrected chi connectivity index (χ0v) is 7.86. The van der Waals surface area contributed by atoms with E-state index in [2.05, 4.69) is 6.92 Å². The highest BCUT2D eigenvalue weighted by atomic mass is 16.5. The van der Waals surface area contributed by atoms with E-state index in [0.29, 0.717) is 6.10 Å². The van der Waals surface area contributed by atoms with E-state index in [0.717, 1.165) is 17.4 Å². The summed E-state index contributed by atoms with van der Waals surface area (Å²) in [5.74, 6) is 1.65. The molecule has 0 bridgehead atoms. The molecular weight excluding hydrogens is 162 g/mol. The molecule has 0 radical (unpaired) electrons. The summed E-state index contributed by atoms with van der Waals surface area (Å²) in [4.78, 5) is 0. The number of nitrogen functional groups attached to an aromatic ring is 1. The first-order valence-electron chi connectivity index (χ1n) is 4.78. The minimum absolute atomic E-state index is 0.335. The molecule has 0 aromatic heterocycles. The number of ether oxygens (including phenoxy) is 1. The molecule has 0 saturated heterocycles. The molecule has 1 aromatic carbocycles. The third-order valence-corrected chi connectivity index (χ3v) is 2.47. The molecule has 0 amide bonds. The van der Waals surface area contributed by atoms with Gasteiger partial charge in [-0.1, -0.05) is 6.07 Å². The minimum Gasteiger partial charge on any atom is -0.490 e. The standard InChI is InChI=1S/C11H15NO/c1-8(9-5-6-9)13-11-4-2-3-10(12)7-11/h2-4,7-9H,5-6,12H2,1H3/t8-/m1/s1. The Morgan fingerprint density at radius 3 is 2.85 bits per heavy atom. The van der Waals surface area contributed by atoms with Crippen LogP contribution in [0, 0.1) is 5.92 Å². The maximum atomic E-state index is 5.74. The SMILES string of the molecule is C[C@@H](Oc1cccc(N)c1)C1CC1. The van der Waals surface area contributed by atoms with Crippen LogP contribution in [0.15, 0.2) is 24.3 Å². The smallest absolute Gasteiger partial charge is 0.121 e. The molecule has 1 aliphatic carbocycles. The molecule has 1 aromatic rings. The molecule has 0 unspecified atom stereocenters. The molecule has 1 fully saturated rings. The Labute approximate surface area is 78.7 Å². The second-order valence-electron chi connectivity index (χ2n) is 3.73. The van der Waals surface area contributed by atoms with Crippen LogP contribution in [0.4, 0.5) is 5.69 Å². The van der Waals surface area contributed by atoms with Gasteiger partial charge in [-0.05, 0) is 37.8 Å². The van der Waals surface area contributed by atoms with E-state index in [4.69, 9.17) is 10.5 Å². The second kappa shape index (κ2) is 3.29. The van der Waals surface area contributed by atoms with Gasteiger partial charge in [0.1, 0.15) is 5.75 Å². The van der Waals surface area contributed by atoms with Crippen LogP contribution in [-0.2, 0) is 0 Å². The Hall–Kier alpha value is -1.18. The third kappa shape index (κ3) is 2.14. The molecule has 1 saturated carbocycles. The Bertz CT molecular complexity index is 294. The van der Waals surface area contributed by atoms with Crippen LogP contribution in [0.25, 0.3) is 0 Å². The molecule has 0 heterocycles. The van der Waals surface area contributed by atoms with Crippen LogP contribution in [-0.4, -0.2) is 6.10 Å². The van der Waals surface area contributed by atoms with Gasteiger partial charge < -0.3 is 10.5 Å². The molecule has 2 rings (SSSR count). The molecule has 0 aliphatic heterocycles. The van der Waals surface area contributed by atoms with Gasteiger partial charge in [0.15, 0.2) is 0 Å². The fourth-order valence-corrected chi connectivity index (χ4v) is 1.46. The van der Waals surface area contributed by atoms with E-state index >= 15 is 0 Å². The maximum absolute atomic E-state index is 5.74. The summed E-state index contributed by atoms with van der Waals surface area (Å²) in [6.07, 6.45) is 2.95. The van der Waals surface area contributed by atoms with Gasteiger partial charge in [0.05, 0.1) is 6.10 Å². The summed E-state index contributed by atoms with van der Waals surface area (Å²) in [7, 11) is 0. The lowest BCUT2D eigenvalue weighted by Gasteiger charge is -2.13. The van der Waals surface area contributed by atoms with E-state index < -0.39 is 0 Å². The van der Waals surface area contributed by atoms with Crippen molar-refractivity contribution in [2.24, 2.45) is 5.92 Å². The van der Waals surface area contributed by atoms with E-state index in [-0.39, 0.29) is 0 Å². The first kappa shape index (κ1) is 8.42. The normalized spacial score (nSPS) is 18.2. The van der Waals surface area contributed by atoms with Gasteiger partial charge in [-0.2, -0.15) is 0 Å². The first-order valence-corrected chi connectivity index (χ1v) is 4.78. The summed E-state index contributed by atoms with van der Waals surface area (Å²) in [5, 5.41) is 0. The lowest BCUT2D eigenvalue weighted by atomic mass is 10.2. The van der Waals surface area contributed by atoms with Gasteiger partial charge in [-0.25, -0.2) is 0 Å². The molecule has 2 nitrogen and oxygen atoms in total. The summed E-state index contributed by atoms with van der Waals surface area (Å²) in [5.41, 5.74) is 6.41. The summed E-state index contributed by atoms with van der Waals surface area (Å²) < 4.78 is 5.74.